The van der Waals surface area contributed by atoms with Crippen molar-refractivity contribution in [2.75, 3.05) is 18.4 Å². The lowest BCUT2D eigenvalue weighted by Gasteiger charge is -2.20. The quantitative estimate of drug-likeness (QED) is 0.756. The summed E-state index contributed by atoms with van der Waals surface area (Å²) < 4.78 is 0. The summed E-state index contributed by atoms with van der Waals surface area (Å²) in [5.41, 5.74) is 0.697. The lowest BCUT2D eigenvalue weighted by atomic mass is 10.1. The lowest BCUT2D eigenvalue weighted by molar-refractivity contribution is 0.435. The summed E-state index contributed by atoms with van der Waals surface area (Å²) >= 11 is 0. The van der Waals surface area contributed by atoms with Gasteiger partial charge in [-0.25, -0.2) is 4.98 Å². The molecule has 4 heteroatoms. The van der Waals surface area contributed by atoms with Gasteiger partial charge in [-0.05, 0) is 32.9 Å². The van der Waals surface area contributed by atoms with Gasteiger partial charge in [0.05, 0.1) is 5.56 Å². The van der Waals surface area contributed by atoms with Crippen molar-refractivity contribution in [1.29, 1.82) is 5.26 Å². The molecule has 0 spiro atoms. The first-order valence-corrected chi connectivity index (χ1v) is 5.37. The highest BCUT2D eigenvalue weighted by Gasteiger charge is 2.07. The van der Waals surface area contributed by atoms with E-state index in [0.717, 1.165) is 13.1 Å². The van der Waals surface area contributed by atoms with Crippen LogP contribution in [0.25, 0.3) is 0 Å². The van der Waals surface area contributed by atoms with E-state index in [1.165, 1.54) is 0 Å². The first-order chi connectivity index (χ1) is 7.53. The Bertz CT molecular complexity index is 373. The molecule has 0 radical (unpaired) electrons. The maximum atomic E-state index is 8.86. The third-order valence-electron chi connectivity index (χ3n) is 2.00. The van der Waals surface area contributed by atoms with Gasteiger partial charge >= 0.3 is 0 Å². The van der Waals surface area contributed by atoms with Gasteiger partial charge in [-0.2, -0.15) is 5.26 Å². The van der Waals surface area contributed by atoms with Crippen LogP contribution in [0.2, 0.25) is 0 Å². The van der Waals surface area contributed by atoms with Gasteiger partial charge in [0, 0.05) is 24.8 Å². The predicted molar refractivity (Wildman–Crippen MR) is 65.2 cm³/mol. The molecule has 1 heterocycles. The van der Waals surface area contributed by atoms with Crippen LogP contribution in [-0.2, 0) is 0 Å². The van der Waals surface area contributed by atoms with Crippen LogP contribution in [0.1, 0.15) is 26.3 Å². The fourth-order valence-corrected chi connectivity index (χ4v) is 1.25. The molecule has 1 aromatic heterocycles. The molecule has 2 N–H and O–H groups in total. The first kappa shape index (κ1) is 12.5. The van der Waals surface area contributed by atoms with Crippen molar-refractivity contribution in [3.8, 4) is 6.07 Å². The molecular weight excluding hydrogens is 200 g/mol. The number of anilines is 1. The van der Waals surface area contributed by atoms with Gasteiger partial charge in [-0.1, -0.05) is 0 Å². The van der Waals surface area contributed by atoms with Crippen molar-refractivity contribution in [2.45, 2.75) is 26.3 Å². The van der Waals surface area contributed by atoms with Crippen molar-refractivity contribution >= 4 is 5.82 Å². The molecule has 0 aliphatic heterocycles. The Labute approximate surface area is 96.7 Å². The van der Waals surface area contributed by atoms with Crippen LogP contribution in [0.4, 0.5) is 5.82 Å². The van der Waals surface area contributed by atoms with E-state index in [2.05, 4.69) is 42.5 Å². The third-order valence-corrected chi connectivity index (χ3v) is 2.00. The van der Waals surface area contributed by atoms with Crippen LogP contribution in [0.5, 0.6) is 0 Å². The van der Waals surface area contributed by atoms with E-state index < -0.39 is 0 Å². The molecule has 0 amide bonds. The topological polar surface area (TPSA) is 60.7 Å². The van der Waals surface area contributed by atoms with Gasteiger partial charge in [-0.3, -0.25) is 0 Å². The van der Waals surface area contributed by atoms with E-state index in [9.17, 15) is 0 Å². The number of aromatic nitrogens is 1. The molecule has 0 aliphatic carbocycles. The smallest absolute Gasteiger partial charge is 0.143 e. The summed E-state index contributed by atoms with van der Waals surface area (Å²) in [5, 5.41) is 15.4. The maximum absolute atomic E-state index is 8.86. The largest absolute Gasteiger partial charge is 0.368 e. The van der Waals surface area contributed by atoms with Crippen molar-refractivity contribution in [3.63, 3.8) is 0 Å². The summed E-state index contributed by atoms with van der Waals surface area (Å²) in [6, 6.07) is 5.62. The number of nitrogens with zero attached hydrogens (tertiary/aromatic N) is 2. The zero-order chi connectivity index (χ0) is 12.0. The van der Waals surface area contributed by atoms with Gasteiger partial charge in [0.25, 0.3) is 0 Å². The predicted octanol–water partition coefficient (Wildman–Crippen LogP) is 1.75. The molecule has 0 bridgehead atoms. The number of hydrogen-bond acceptors (Lipinski definition) is 4. The van der Waals surface area contributed by atoms with Crippen molar-refractivity contribution in [3.05, 3.63) is 23.9 Å². The summed E-state index contributed by atoms with van der Waals surface area (Å²) in [6.45, 7) is 7.95. The Hall–Kier alpha value is -1.60. The standard InChI is InChI=1S/C12H18N4/c1-12(2,3)16-8-7-15-11-10(9-13)5-4-6-14-11/h4-6,16H,7-8H2,1-3H3,(H,14,15). The minimum Gasteiger partial charge on any atom is -0.368 e. The Kier molecular flexibility index (Phi) is 4.27. The summed E-state index contributed by atoms with van der Waals surface area (Å²) in [7, 11) is 0. The van der Waals surface area contributed by atoms with Crippen molar-refractivity contribution in [2.24, 2.45) is 0 Å². The molecule has 86 valence electrons. The molecule has 0 saturated heterocycles. The lowest BCUT2D eigenvalue weighted by Crippen LogP contribution is -2.38. The number of rotatable bonds is 4. The third kappa shape index (κ3) is 4.28. The van der Waals surface area contributed by atoms with Gasteiger partial charge < -0.3 is 10.6 Å². The molecule has 0 aliphatic rings. The van der Waals surface area contributed by atoms with E-state index >= 15 is 0 Å². The van der Waals surface area contributed by atoms with Gasteiger partial charge in [0.15, 0.2) is 0 Å². The van der Waals surface area contributed by atoms with E-state index in [0.29, 0.717) is 11.4 Å². The van der Waals surface area contributed by atoms with Gasteiger partial charge in [-0.15, -0.1) is 0 Å². The average Bonchev–Trinajstić information content (AvgIpc) is 2.23. The Morgan fingerprint density at radius 1 is 1.38 bits per heavy atom. The average molecular weight is 218 g/mol. The molecule has 1 rings (SSSR count). The number of hydrogen-bond donors (Lipinski definition) is 2. The minimum atomic E-state index is 0.115. The van der Waals surface area contributed by atoms with E-state index in [-0.39, 0.29) is 5.54 Å². The normalized spacial score (nSPS) is 10.9. The molecule has 4 nitrogen and oxygen atoms in total. The molecule has 0 atom stereocenters. The highest BCUT2D eigenvalue weighted by molar-refractivity contribution is 5.51. The minimum absolute atomic E-state index is 0.115. The molecule has 0 saturated carbocycles. The maximum Gasteiger partial charge on any atom is 0.143 e. The van der Waals surface area contributed by atoms with Crippen molar-refractivity contribution < 1.29 is 0 Å². The van der Waals surface area contributed by atoms with Crippen molar-refractivity contribution in [1.82, 2.24) is 10.3 Å². The van der Waals surface area contributed by atoms with Crippen LogP contribution >= 0.6 is 0 Å². The van der Waals surface area contributed by atoms with E-state index in [1.54, 1.807) is 18.3 Å². The monoisotopic (exact) mass is 218 g/mol. The highest BCUT2D eigenvalue weighted by Crippen LogP contribution is 2.08. The SMILES string of the molecule is CC(C)(C)NCCNc1ncccc1C#N. The molecule has 16 heavy (non-hydrogen) atoms. The molecule has 0 unspecified atom stereocenters. The van der Waals surface area contributed by atoms with Gasteiger partial charge in [0.2, 0.25) is 0 Å². The Balaban J connectivity index is 2.41. The number of nitriles is 1. The second kappa shape index (κ2) is 5.47. The second-order valence-electron chi connectivity index (χ2n) is 4.61. The summed E-state index contributed by atoms with van der Waals surface area (Å²) in [4.78, 5) is 4.12. The molecular formula is C12H18N4. The summed E-state index contributed by atoms with van der Waals surface area (Å²) in [5.74, 6) is 0.653. The van der Waals surface area contributed by atoms with Crippen LogP contribution in [-0.4, -0.2) is 23.6 Å². The van der Waals surface area contributed by atoms with E-state index in [4.69, 9.17) is 5.26 Å². The van der Waals surface area contributed by atoms with Crippen LogP contribution < -0.4 is 10.6 Å². The molecule has 0 aromatic carbocycles. The Morgan fingerprint density at radius 2 is 2.12 bits per heavy atom. The van der Waals surface area contributed by atoms with Crippen LogP contribution in [0, 0.1) is 11.3 Å². The Morgan fingerprint density at radius 3 is 2.75 bits per heavy atom. The van der Waals surface area contributed by atoms with Crippen LogP contribution in [0.15, 0.2) is 18.3 Å². The fraction of sp³-hybridized carbons (Fsp3) is 0.500. The summed E-state index contributed by atoms with van der Waals surface area (Å²) in [6.07, 6.45) is 1.68. The first-order valence-electron chi connectivity index (χ1n) is 5.37. The fourth-order valence-electron chi connectivity index (χ4n) is 1.25. The zero-order valence-electron chi connectivity index (χ0n) is 10.0. The number of pyridine rings is 1. The number of nitrogens with one attached hydrogen (secondary N) is 2. The second-order valence-corrected chi connectivity index (χ2v) is 4.61. The van der Waals surface area contributed by atoms with Gasteiger partial charge in [0.1, 0.15) is 11.9 Å². The zero-order valence-corrected chi connectivity index (χ0v) is 10.0. The van der Waals surface area contributed by atoms with E-state index in [1.807, 2.05) is 0 Å². The highest BCUT2D eigenvalue weighted by atomic mass is 15.0. The molecule has 1 aromatic rings. The molecule has 0 fully saturated rings. The van der Waals surface area contributed by atoms with Crippen LogP contribution in [0.3, 0.4) is 0 Å².